The number of amides is 1. The summed E-state index contributed by atoms with van der Waals surface area (Å²) in [6.07, 6.45) is 6.05. The third-order valence-corrected chi connectivity index (χ3v) is 9.49. The van der Waals surface area contributed by atoms with E-state index in [4.69, 9.17) is 14.9 Å². The van der Waals surface area contributed by atoms with E-state index >= 15 is 0 Å². The Morgan fingerprint density at radius 1 is 1.04 bits per heavy atom. The minimum absolute atomic E-state index is 0.0353. The number of carbonyl (C=O) groups is 3. The smallest absolute Gasteiger partial charge is 0.328 e. The third kappa shape index (κ3) is 10.9. The first-order valence-corrected chi connectivity index (χ1v) is 17.4. The summed E-state index contributed by atoms with van der Waals surface area (Å²) in [6, 6.07) is 5.13. The number of aliphatic carboxylic acids is 2. The summed E-state index contributed by atoms with van der Waals surface area (Å²) in [6.45, 7) is 20.5. The predicted octanol–water partition coefficient (Wildman–Crippen LogP) is 5.04. The molecule has 2 aliphatic rings. The molecule has 0 bridgehead atoms. The summed E-state index contributed by atoms with van der Waals surface area (Å²) in [5.74, 6) is -1.60. The van der Waals surface area contributed by atoms with Crippen molar-refractivity contribution in [1.29, 1.82) is 0 Å². The Kier molecular flexibility index (Phi) is 14.6. The maximum atomic E-state index is 14.3. The van der Waals surface area contributed by atoms with Gasteiger partial charge in [-0.05, 0) is 91.6 Å². The van der Waals surface area contributed by atoms with Crippen LogP contribution in [0.1, 0.15) is 78.1 Å². The number of benzene rings is 1. The molecule has 50 heavy (non-hydrogen) atoms. The fourth-order valence-corrected chi connectivity index (χ4v) is 6.61. The number of halogens is 1. The molecule has 0 aliphatic carbocycles. The Morgan fingerprint density at radius 2 is 1.70 bits per heavy atom. The Hall–Kier alpha value is -4.17. The Labute approximate surface area is 295 Å². The zero-order chi connectivity index (χ0) is 37.2. The molecule has 1 spiro atoms. The summed E-state index contributed by atoms with van der Waals surface area (Å²) in [4.78, 5) is 46.0. The van der Waals surface area contributed by atoms with E-state index in [1.54, 1.807) is 4.90 Å². The summed E-state index contributed by atoms with van der Waals surface area (Å²) in [5.41, 5.74) is 0.383. The normalized spacial score (nSPS) is 16.2. The lowest BCUT2D eigenvalue weighted by molar-refractivity contribution is -0.134. The average Bonchev–Trinajstić information content (AvgIpc) is 3.48. The van der Waals surface area contributed by atoms with Gasteiger partial charge in [-0.3, -0.25) is 9.69 Å². The van der Waals surface area contributed by atoms with Crippen molar-refractivity contribution in [2.24, 2.45) is 11.3 Å². The number of carboxylic acid groups (broad SMARTS) is 2. The van der Waals surface area contributed by atoms with Gasteiger partial charge in [-0.15, -0.1) is 10.2 Å². The summed E-state index contributed by atoms with van der Waals surface area (Å²) in [5, 5.41) is 23.8. The highest BCUT2D eigenvalue weighted by Crippen LogP contribution is 2.44. The monoisotopic (exact) mass is 699 g/mol. The highest BCUT2D eigenvalue weighted by Gasteiger charge is 2.50. The lowest BCUT2D eigenvalue weighted by Gasteiger charge is -2.53. The molecule has 1 amide bonds. The second kappa shape index (κ2) is 18.2. The van der Waals surface area contributed by atoms with Gasteiger partial charge in [0, 0.05) is 68.4 Å². The van der Waals surface area contributed by atoms with Crippen molar-refractivity contribution < 1.29 is 33.7 Å². The van der Waals surface area contributed by atoms with Gasteiger partial charge in [0.2, 0.25) is 0 Å². The summed E-state index contributed by atoms with van der Waals surface area (Å²) in [7, 11) is 2.21. The number of hydrogen-bond donors (Lipinski definition) is 2. The van der Waals surface area contributed by atoms with E-state index in [0.717, 1.165) is 39.1 Å². The number of rotatable bonds is 15. The predicted molar refractivity (Wildman–Crippen MR) is 189 cm³/mol. The first-order valence-electron chi connectivity index (χ1n) is 17.4. The number of anilines is 1. The van der Waals surface area contributed by atoms with Crippen LogP contribution in [0, 0.1) is 17.2 Å². The molecule has 2 saturated heterocycles. The van der Waals surface area contributed by atoms with E-state index < -0.39 is 17.8 Å². The van der Waals surface area contributed by atoms with Gasteiger partial charge in [0.1, 0.15) is 17.9 Å². The Bertz CT molecular complexity index is 1460. The molecule has 276 valence electrons. The quantitative estimate of drug-likeness (QED) is 0.240. The van der Waals surface area contributed by atoms with Crippen molar-refractivity contribution >= 4 is 23.7 Å². The van der Waals surface area contributed by atoms with Crippen molar-refractivity contribution in [1.82, 2.24) is 29.9 Å². The van der Waals surface area contributed by atoms with Gasteiger partial charge >= 0.3 is 11.9 Å². The molecule has 2 aliphatic heterocycles. The number of carboxylic acids is 2. The van der Waals surface area contributed by atoms with E-state index in [1.165, 1.54) is 37.4 Å². The van der Waals surface area contributed by atoms with Crippen molar-refractivity contribution in [3.63, 3.8) is 0 Å². The minimum Gasteiger partial charge on any atom is -0.478 e. The number of hydrogen-bond acceptors (Lipinski definition) is 10. The van der Waals surface area contributed by atoms with Crippen molar-refractivity contribution in [2.45, 2.75) is 85.9 Å². The molecule has 1 aromatic carbocycles. The molecule has 14 heteroatoms. The standard InChI is InChI=1S/C32H50FN7O2.C4H4O4/c1-9-40(24(6)7)31(41)26-17-25(33)12-13-28(26)42-30-29(34-21-35-36-30)38-16-14-32(18-38)19-39(20-32)27(22(2)3)11-10-15-37(8)23(4)5;5-3(6)1-2-4(7)8/h12-13,17,21-24,27H,9-11,14-16,18-20H2,1-8H3;1-2H,(H,5,6)(H,7,8)/b;2-1+/t27-;/m0./s1. The molecule has 4 rings (SSSR count). The number of carbonyl (C=O) groups excluding carboxylic acids is 1. The second-order valence-corrected chi connectivity index (χ2v) is 14.1. The SMILES string of the molecule is CCN(C(=O)c1cc(F)ccc1Oc1nncnc1N1CCC2(C1)CN([C@@H](CCCN(C)C(C)C)C(C)C)C2)C(C)C.O=C(O)/C=C/C(=O)O. The van der Waals surface area contributed by atoms with E-state index in [1.807, 2.05) is 20.8 Å². The molecular weight excluding hydrogens is 645 g/mol. The molecule has 2 N–H and O–H groups in total. The highest BCUT2D eigenvalue weighted by atomic mass is 19.1. The van der Waals surface area contributed by atoms with Crippen LogP contribution in [0.25, 0.3) is 0 Å². The number of likely N-dealkylation sites (tertiary alicyclic amines) is 1. The fourth-order valence-electron chi connectivity index (χ4n) is 6.61. The maximum absolute atomic E-state index is 14.3. The molecule has 2 fully saturated rings. The molecule has 13 nitrogen and oxygen atoms in total. The van der Waals surface area contributed by atoms with Crippen molar-refractivity contribution in [2.75, 3.05) is 51.2 Å². The maximum Gasteiger partial charge on any atom is 0.328 e. The van der Waals surface area contributed by atoms with Crippen LogP contribution < -0.4 is 9.64 Å². The van der Waals surface area contributed by atoms with E-state index in [-0.39, 0.29) is 34.6 Å². The molecule has 0 radical (unpaired) electrons. The first kappa shape index (κ1) is 40.3. The van der Waals surface area contributed by atoms with E-state index in [0.29, 0.717) is 42.5 Å². The Morgan fingerprint density at radius 3 is 2.26 bits per heavy atom. The van der Waals surface area contributed by atoms with Crippen LogP contribution in [-0.4, -0.2) is 122 Å². The first-order chi connectivity index (χ1) is 23.6. The Balaban J connectivity index is 0.000000753. The van der Waals surface area contributed by atoms with Crippen LogP contribution in [-0.2, 0) is 9.59 Å². The molecule has 2 aromatic rings. The van der Waals surface area contributed by atoms with Crippen LogP contribution >= 0.6 is 0 Å². The molecule has 3 heterocycles. The van der Waals surface area contributed by atoms with Gasteiger partial charge in [-0.1, -0.05) is 13.8 Å². The van der Waals surface area contributed by atoms with E-state index in [2.05, 4.69) is 64.6 Å². The van der Waals surface area contributed by atoms with Gasteiger partial charge in [0.05, 0.1) is 5.56 Å². The fraction of sp³-hybridized carbons (Fsp3) is 0.611. The van der Waals surface area contributed by atoms with Gasteiger partial charge in [-0.25, -0.2) is 19.0 Å². The van der Waals surface area contributed by atoms with Gasteiger partial charge < -0.3 is 29.6 Å². The highest BCUT2D eigenvalue weighted by molar-refractivity contribution is 5.97. The minimum atomic E-state index is -1.26. The number of ether oxygens (including phenoxy) is 1. The van der Waals surface area contributed by atoms with Crippen LogP contribution in [0.2, 0.25) is 0 Å². The van der Waals surface area contributed by atoms with Gasteiger partial charge in [-0.2, -0.15) is 0 Å². The topological polar surface area (TPSA) is 153 Å². The largest absolute Gasteiger partial charge is 0.478 e. The lowest BCUT2D eigenvalue weighted by Crippen LogP contribution is -2.62. The van der Waals surface area contributed by atoms with Gasteiger partial charge in [0.25, 0.3) is 11.8 Å². The van der Waals surface area contributed by atoms with Crippen LogP contribution in [0.4, 0.5) is 10.2 Å². The lowest BCUT2D eigenvalue weighted by atomic mass is 9.76. The third-order valence-electron chi connectivity index (χ3n) is 9.49. The van der Waals surface area contributed by atoms with Crippen molar-refractivity contribution in [3.8, 4) is 11.6 Å². The molecule has 0 saturated carbocycles. The number of aromatic nitrogens is 3. The van der Waals surface area contributed by atoms with Crippen LogP contribution in [0.5, 0.6) is 11.6 Å². The van der Waals surface area contributed by atoms with Crippen LogP contribution in [0.15, 0.2) is 36.7 Å². The number of nitrogens with zero attached hydrogens (tertiary/aromatic N) is 7. The molecule has 1 aromatic heterocycles. The molecular formula is C36H54FN7O6. The summed E-state index contributed by atoms with van der Waals surface area (Å²) >= 11 is 0. The van der Waals surface area contributed by atoms with Crippen LogP contribution in [0.3, 0.4) is 0 Å². The summed E-state index contributed by atoms with van der Waals surface area (Å²) < 4.78 is 20.5. The van der Waals surface area contributed by atoms with E-state index in [9.17, 15) is 18.8 Å². The molecule has 1 atom stereocenters. The zero-order valence-corrected chi connectivity index (χ0v) is 30.7. The molecule has 0 unspecified atom stereocenters. The van der Waals surface area contributed by atoms with Gasteiger partial charge in [0.15, 0.2) is 5.82 Å². The van der Waals surface area contributed by atoms with Crippen molar-refractivity contribution in [3.05, 3.63) is 48.1 Å². The average molecular weight is 700 g/mol. The zero-order valence-electron chi connectivity index (χ0n) is 30.7. The second-order valence-electron chi connectivity index (χ2n) is 14.1.